The van der Waals surface area contributed by atoms with Gasteiger partial charge in [0, 0.05) is 10.0 Å². The summed E-state index contributed by atoms with van der Waals surface area (Å²) in [5.41, 5.74) is 0.344. The monoisotopic (exact) mass is 236 g/mol. The van der Waals surface area contributed by atoms with Gasteiger partial charge in [0.15, 0.2) is 6.29 Å². The Morgan fingerprint density at radius 2 is 2.18 bits per heavy atom. The number of hydrogen-bond acceptors (Lipinski definition) is 1. The maximum atomic E-state index is 12.6. The minimum absolute atomic E-state index is 0.0606. The van der Waals surface area contributed by atoms with Gasteiger partial charge in [-0.25, -0.2) is 4.39 Å². The van der Waals surface area contributed by atoms with Crippen molar-refractivity contribution in [3.63, 3.8) is 0 Å². The van der Waals surface area contributed by atoms with E-state index in [1.165, 1.54) is 6.07 Å². The molecule has 0 bridgehead atoms. The summed E-state index contributed by atoms with van der Waals surface area (Å²) >= 11 is 8.47. The lowest BCUT2D eigenvalue weighted by atomic mass is 10.2. The number of carbonyl (C=O) groups excluding carboxylic acids is 1. The Morgan fingerprint density at radius 1 is 1.55 bits per heavy atom. The minimum Gasteiger partial charge on any atom is -0.298 e. The summed E-state index contributed by atoms with van der Waals surface area (Å²) in [7, 11) is 0. The van der Waals surface area contributed by atoms with Crippen LogP contribution >= 0.6 is 27.5 Å². The summed E-state index contributed by atoms with van der Waals surface area (Å²) in [5, 5.41) is -0.0606. The van der Waals surface area contributed by atoms with Gasteiger partial charge in [0.2, 0.25) is 0 Å². The fourth-order valence-electron chi connectivity index (χ4n) is 0.632. The molecule has 0 spiro atoms. The van der Waals surface area contributed by atoms with E-state index in [-0.39, 0.29) is 5.02 Å². The Hall–Kier alpha value is -0.410. The molecule has 0 aliphatic rings. The summed E-state index contributed by atoms with van der Waals surface area (Å²) in [5.74, 6) is -0.538. The van der Waals surface area contributed by atoms with Crippen molar-refractivity contribution in [1.82, 2.24) is 0 Å². The molecule has 0 heterocycles. The Morgan fingerprint density at radius 3 is 2.73 bits per heavy atom. The third-order valence-electron chi connectivity index (χ3n) is 1.19. The number of aldehydes is 1. The van der Waals surface area contributed by atoms with Crippen LogP contribution in [0.3, 0.4) is 0 Å². The highest BCUT2D eigenvalue weighted by atomic mass is 79.9. The molecule has 0 N–H and O–H groups in total. The van der Waals surface area contributed by atoms with E-state index < -0.39 is 5.82 Å². The van der Waals surface area contributed by atoms with Crippen molar-refractivity contribution in [2.45, 2.75) is 0 Å². The molecule has 11 heavy (non-hydrogen) atoms. The van der Waals surface area contributed by atoms with E-state index in [9.17, 15) is 9.18 Å². The maximum absolute atomic E-state index is 12.6. The van der Waals surface area contributed by atoms with E-state index in [1.807, 2.05) is 0 Å². The molecular formula is C7H3BrClFO. The molecule has 0 aliphatic heterocycles. The molecule has 0 aliphatic carbocycles. The third-order valence-corrected chi connectivity index (χ3v) is 2.64. The lowest BCUT2D eigenvalue weighted by Gasteiger charge is -1.98. The molecular weight excluding hydrogens is 234 g/mol. The molecule has 1 nitrogen and oxygen atoms in total. The zero-order chi connectivity index (χ0) is 8.43. The average molecular weight is 237 g/mol. The van der Waals surface area contributed by atoms with Crippen LogP contribution < -0.4 is 0 Å². The lowest BCUT2D eigenvalue weighted by molar-refractivity contribution is 0.112. The van der Waals surface area contributed by atoms with Gasteiger partial charge in [-0.15, -0.1) is 0 Å². The number of rotatable bonds is 1. The molecule has 4 heteroatoms. The Labute approximate surface area is 76.3 Å². The first-order valence-corrected chi connectivity index (χ1v) is 3.92. The van der Waals surface area contributed by atoms with Gasteiger partial charge < -0.3 is 0 Å². The van der Waals surface area contributed by atoms with E-state index >= 15 is 0 Å². The largest absolute Gasteiger partial charge is 0.298 e. The third kappa shape index (κ3) is 1.60. The second-order valence-electron chi connectivity index (χ2n) is 1.88. The molecule has 0 saturated heterocycles. The van der Waals surface area contributed by atoms with E-state index in [0.29, 0.717) is 16.3 Å². The number of carbonyl (C=O) groups is 1. The van der Waals surface area contributed by atoms with Gasteiger partial charge in [0.25, 0.3) is 0 Å². The van der Waals surface area contributed by atoms with Crippen molar-refractivity contribution in [3.05, 3.63) is 33.0 Å². The van der Waals surface area contributed by atoms with Gasteiger partial charge in [0.05, 0.1) is 5.02 Å². The Kier molecular flexibility index (Phi) is 2.62. The standard InChI is InChI=1S/C7H3BrClFO/c8-6-4(3-11)1-2-5(10)7(6)9/h1-3H. The van der Waals surface area contributed by atoms with Gasteiger partial charge in [-0.1, -0.05) is 11.6 Å². The smallest absolute Gasteiger partial charge is 0.151 e. The Bertz CT molecular complexity index is 301. The molecule has 1 rings (SSSR count). The van der Waals surface area contributed by atoms with Crippen molar-refractivity contribution in [2.24, 2.45) is 0 Å². The molecule has 0 amide bonds. The topological polar surface area (TPSA) is 17.1 Å². The summed E-state index contributed by atoms with van der Waals surface area (Å²) in [6, 6.07) is 2.51. The average Bonchev–Trinajstić information content (AvgIpc) is 2.01. The number of halogens is 3. The van der Waals surface area contributed by atoms with E-state index in [4.69, 9.17) is 11.6 Å². The van der Waals surface area contributed by atoms with Crippen molar-refractivity contribution in [3.8, 4) is 0 Å². The lowest BCUT2D eigenvalue weighted by Crippen LogP contribution is -1.85. The molecule has 0 atom stereocenters. The predicted octanol–water partition coefficient (Wildman–Crippen LogP) is 3.05. The SMILES string of the molecule is O=Cc1ccc(F)c(Cl)c1Br. The zero-order valence-electron chi connectivity index (χ0n) is 5.27. The molecule has 0 saturated carbocycles. The van der Waals surface area contributed by atoms with Gasteiger partial charge in [-0.3, -0.25) is 4.79 Å². The highest BCUT2D eigenvalue weighted by Gasteiger charge is 2.07. The molecule has 1 aromatic carbocycles. The summed E-state index contributed by atoms with van der Waals surface area (Å²) in [4.78, 5) is 10.3. The van der Waals surface area contributed by atoms with Crippen LogP contribution in [0.2, 0.25) is 5.02 Å². The van der Waals surface area contributed by atoms with Crippen LogP contribution in [0.5, 0.6) is 0 Å². The normalized spacial score (nSPS) is 9.73. The first kappa shape index (κ1) is 8.68. The quantitative estimate of drug-likeness (QED) is 0.542. The minimum atomic E-state index is -0.538. The second-order valence-corrected chi connectivity index (χ2v) is 3.05. The van der Waals surface area contributed by atoms with E-state index in [2.05, 4.69) is 15.9 Å². The summed E-state index contributed by atoms with van der Waals surface area (Å²) < 4.78 is 12.9. The summed E-state index contributed by atoms with van der Waals surface area (Å²) in [6.45, 7) is 0. The maximum Gasteiger partial charge on any atom is 0.151 e. The number of benzene rings is 1. The van der Waals surface area contributed by atoms with Crippen LogP contribution in [0.15, 0.2) is 16.6 Å². The molecule has 0 radical (unpaired) electrons. The molecule has 0 unspecified atom stereocenters. The van der Waals surface area contributed by atoms with Crippen LogP contribution in [0.1, 0.15) is 10.4 Å². The highest BCUT2D eigenvalue weighted by Crippen LogP contribution is 2.27. The fourth-order valence-corrected chi connectivity index (χ4v) is 1.22. The van der Waals surface area contributed by atoms with Crippen molar-refractivity contribution in [1.29, 1.82) is 0 Å². The first-order chi connectivity index (χ1) is 5.16. The zero-order valence-corrected chi connectivity index (χ0v) is 7.62. The van der Waals surface area contributed by atoms with E-state index in [0.717, 1.165) is 6.07 Å². The van der Waals surface area contributed by atoms with Crippen LogP contribution in [0.4, 0.5) is 4.39 Å². The highest BCUT2D eigenvalue weighted by molar-refractivity contribution is 9.10. The van der Waals surface area contributed by atoms with Crippen LogP contribution in [0.25, 0.3) is 0 Å². The number of hydrogen-bond donors (Lipinski definition) is 0. The van der Waals surface area contributed by atoms with E-state index in [1.54, 1.807) is 0 Å². The van der Waals surface area contributed by atoms with Crippen LogP contribution in [-0.4, -0.2) is 6.29 Å². The summed E-state index contributed by atoms with van der Waals surface area (Å²) in [6.07, 6.45) is 0.607. The van der Waals surface area contributed by atoms with Gasteiger partial charge in [-0.2, -0.15) is 0 Å². The van der Waals surface area contributed by atoms with Crippen LogP contribution in [-0.2, 0) is 0 Å². The first-order valence-electron chi connectivity index (χ1n) is 2.75. The van der Waals surface area contributed by atoms with Crippen molar-refractivity contribution < 1.29 is 9.18 Å². The van der Waals surface area contributed by atoms with Crippen molar-refractivity contribution in [2.75, 3.05) is 0 Å². The van der Waals surface area contributed by atoms with Gasteiger partial charge in [-0.05, 0) is 28.1 Å². The second kappa shape index (κ2) is 3.32. The molecule has 0 aromatic heterocycles. The molecule has 1 aromatic rings. The molecule has 58 valence electrons. The predicted molar refractivity (Wildman–Crippen MR) is 44.5 cm³/mol. The molecule has 0 fully saturated rings. The van der Waals surface area contributed by atoms with Gasteiger partial charge >= 0.3 is 0 Å². The van der Waals surface area contributed by atoms with Crippen LogP contribution in [0, 0.1) is 5.82 Å². The van der Waals surface area contributed by atoms with Gasteiger partial charge in [0.1, 0.15) is 5.82 Å². The van der Waals surface area contributed by atoms with Crippen molar-refractivity contribution >= 4 is 33.8 Å². The Balaban J connectivity index is 3.36. The fraction of sp³-hybridized carbons (Fsp3) is 0.